The SMILES string of the molecule is ClCC1(NCCC2CC2)CCC1. The van der Waals surface area contributed by atoms with Crippen LogP contribution in [0, 0.1) is 5.92 Å². The van der Waals surface area contributed by atoms with Gasteiger partial charge in [0.1, 0.15) is 0 Å². The Morgan fingerprint density at radius 1 is 1.33 bits per heavy atom. The van der Waals surface area contributed by atoms with Crippen molar-refractivity contribution in [2.45, 2.75) is 44.1 Å². The summed E-state index contributed by atoms with van der Waals surface area (Å²) in [5.41, 5.74) is 0.344. The van der Waals surface area contributed by atoms with E-state index in [-0.39, 0.29) is 0 Å². The Kier molecular flexibility index (Phi) is 2.61. The zero-order valence-corrected chi connectivity index (χ0v) is 8.37. The van der Waals surface area contributed by atoms with Gasteiger partial charge in [0, 0.05) is 11.4 Å². The van der Waals surface area contributed by atoms with E-state index in [9.17, 15) is 0 Å². The van der Waals surface area contributed by atoms with E-state index in [0.29, 0.717) is 5.54 Å². The molecular formula is C10H18ClN. The van der Waals surface area contributed by atoms with Gasteiger partial charge in [-0.3, -0.25) is 0 Å². The number of nitrogens with one attached hydrogen (secondary N) is 1. The van der Waals surface area contributed by atoms with Crippen LogP contribution in [0.2, 0.25) is 0 Å². The fourth-order valence-corrected chi connectivity index (χ4v) is 2.27. The fourth-order valence-electron chi connectivity index (χ4n) is 1.91. The minimum Gasteiger partial charge on any atom is -0.310 e. The molecule has 1 N–H and O–H groups in total. The molecule has 70 valence electrons. The summed E-state index contributed by atoms with van der Waals surface area (Å²) in [5.74, 6) is 1.85. The lowest BCUT2D eigenvalue weighted by Crippen LogP contribution is -2.52. The van der Waals surface area contributed by atoms with Gasteiger partial charge in [-0.15, -0.1) is 11.6 Å². The van der Waals surface area contributed by atoms with Gasteiger partial charge in [-0.25, -0.2) is 0 Å². The lowest BCUT2D eigenvalue weighted by molar-refractivity contribution is 0.212. The quantitative estimate of drug-likeness (QED) is 0.653. The molecule has 0 aromatic heterocycles. The molecule has 0 saturated heterocycles. The van der Waals surface area contributed by atoms with Crippen LogP contribution in [0.1, 0.15) is 38.5 Å². The predicted molar refractivity (Wildman–Crippen MR) is 52.6 cm³/mol. The van der Waals surface area contributed by atoms with E-state index in [1.807, 2.05) is 0 Å². The molecule has 2 aliphatic rings. The van der Waals surface area contributed by atoms with Gasteiger partial charge in [0.05, 0.1) is 0 Å². The summed E-state index contributed by atoms with van der Waals surface area (Å²) >= 11 is 5.93. The first kappa shape index (κ1) is 8.83. The topological polar surface area (TPSA) is 12.0 Å². The van der Waals surface area contributed by atoms with E-state index in [1.54, 1.807) is 0 Å². The third-order valence-corrected chi connectivity index (χ3v) is 3.83. The molecule has 2 aliphatic carbocycles. The summed E-state index contributed by atoms with van der Waals surface area (Å²) in [6.45, 7) is 1.19. The third kappa shape index (κ3) is 1.94. The van der Waals surface area contributed by atoms with Crippen molar-refractivity contribution in [3.05, 3.63) is 0 Å². The van der Waals surface area contributed by atoms with Gasteiger partial charge in [-0.2, -0.15) is 0 Å². The molecule has 0 spiro atoms. The van der Waals surface area contributed by atoms with E-state index in [0.717, 1.165) is 11.8 Å². The first-order valence-electron chi connectivity index (χ1n) is 5.16. The van der Waals surface area contributed by atoms with E-state index >= 15 is 0 Å². The Balaban J connectivity index is 1.62. The second kappa shape index (κ2) is 3.55. The predicted octanol–water partition coefficient (Wildman–Crippen LogP) is 2.54. The molecule has 0 amide bonds. The fraction of sp³-hybridized carbons (Fsp3) is 1.00. The highest BCUT2D eigenvalue weighted by Crippen LogP contribution is 2.35. The van der Waals surface area contributed by atoms with Crippen molar-refractivity contribution >= 4 is 11.6 Å². The number of hydrogen-bond donors (Lipinski definition) is 1. The van der Waals surface area contributed by atoms with E-state index in [1.165, 1.54) is 45.1 Å². The average Bonchev–Trinajstić information content (AvgIpc) is 2.78. The molecule has 2 saturated carbocycles. The van der Waals surface area contributed by atoms with Crippen LogP contribution in [-0.4, -0.2) is 18.0 Å². The number of rotatable bonds is 5. The van der Waals surface area contributed by atoms with Crippen molar-refractivity contribution in [3.63, 3.8) is 0 Å². The Bertz CT molecular complexity index is 144. The van der Waals surface area contributed by atoms with Crippen LogP contribution in [0.3, 0.4) is 0 Å². The normalized spacial score (nSPS) is 26.8. The van der Waals surface area contributed by atoms with Gasteiger partial charge in [0.2, 0.25) is 0 Å². The average molecular weight is 188 g/mol. The second-order valence-electron chi connectivity index (χ2n) is 4.43. The maximum Gasteiger partial charge on any atom is 0.0406 e. The number of hydrogen-bond acceptors (Lipinski definition) is 1. The van der Waals surface area contributed by atoms with Gasteiger partial charge in [0.25, 0.3) is 0 Å². The Morgan fingerprint density at radius 2 is 2.08 bits per heavy atom. The highest BCUT2D eigenvalue weighted by atomic mass is 35.5. The standard InChI is InChI=1S/C10H18ClN/c11-8-10(5-1-6-10)12-7-4-9-2-3-9/h9,12H,1-8H2. The number of alkyl halides is 1. The molecule has 1 nitrogen and oxygen atoms in total. The Labute approximate surface area is 79.9 Å². The van der Waals surface area contributed by atoms with Crippen molar-refractivity contribution in [2.75, 3.05) is 12.4 Å². The van der Waals surface area contributed by atoms with Crippen molar-refractivity contribution < 1.29 is 0 Å². The zero-order chi connectivity index (χ0) is 8.44. The van der Waals surface area contributed by atoms with Crippen LogP contribution in [0.15, 0.2) is 0 Å². The van der Waals surface area contributed by atoms with Crippen LogP contribution in [0.5, 0.6) is 0 Å². The molecule has 0 atom stereocenters. The minimum atomic E-state index is 0.344. The van der Waals surface area contributed by atoms with E-state index < -0.39 is 0 Å². The van der Waals surface area contributed by atoms with Crippen LogP contribution in [0.4, 0.5) is 0 Å². The first-order chi connectivity index (χ1) is 5.85. The molecule has 2 rings (SSSR count). The third-order valence-electron chi connectivity index (χ3n) is 3.32. The number of halogens is 1. The Hall–Kier alpha value is 0.250. The van der Waals surface area contributed by atoms with Crippen LogP contribution in [0.25, 0.3) is 0 Å². The lowest BCUT2D eigenvalue weighted by atomic mass is 9.78. The van der Waals surface area contributed by atoms with Gasteiger partial charge in [-0.05, 0) is 38.1 Å². The molecule has 0 aromatic carbocycles. The summed E-state index contributed by atoms with van der Waals surface area (Å²) in [5, 5.41) is 3.62. The summed E-state index contributed by atoms with van der Waals surface area (Å²) in [4.78, 5) is 0. The van der Waals surface area contributed by atoms with Crippen LogP contribution >= 0.6 is 11.6 Å². The zero-order valence-electron chi connectivity index (χ0n) is 7.61. The van der Waals surface area contributed by atoms with Gasteiger partial charge >= 0.3 is 0 Å². The summed E-state index contributed by atoms with van der Waals surface area (Å²) in [7, 11) is 0. The molecule has 0 bridgehead atoms. The van der Waals surface area contributed by atoms with Crippen molar-refractivity contribution in [2.24, 2.45) is 5.92 Å². The first-order valence-corrected chi connectivity index (χ1v) is 5.69. The molecule has 2 heteroatoms. The van der Waals surface area contributed by atoms with Gasteiger partial charge < -0.3 is 5.32 Å². The van der Waals surface area contributed by atoms with Crippen molar-refractivity contribution in [1.29, 1.82) is 0 Å². The molecule has 0 radical (unpaired) electrons. The molecule has 12 heavy (non-hydrogen) atoms. The molecule has 0 heterocycles. The van der Waals surface area contributed by atoms with Crippen LogP contribution in [-0.2, 0) is 0 Å². The monoisotopic (exact) mass is 187 g/mol. The van der Waals surface area contributed by atoms with Gasteiger partial charge in [-0.1, -0.05) is 12.8 Å². The Morgan fingerprint density at radius 3 is 2.50 bits per heavy atom. The smallest absolute Gasteiger partial charge is 0.0406 e. The van der Waals surface area contributed by atoms with Crippen LogP contribution < -0.4 is 5.32 Å². The van der Waals surface area contributed by atoms with E-state index in [4.69, 9.17) is 11.6 Å². The van der Waals surface area contributed by atoms with Crippen molar-refractivity contribution in [3.8, 4) is 0 Å². The molecule has 0 aromatic rings. The molecule has 0 aliphatic heterocycles. The summed E-state index contributed by atoms with van der Waals surface area (Å²) in [6.07, 6.45) is 8.26. The second-order valence-corrected chi connectivity index (χ2v) is 4.69. The maximum atomic E-state index is 5.93. The molecule has 0 unspecified atom stereocenters. The van der Waals surface area contributed by atoms with Crippen molar-refractivity contribution in [1.82, 2.24) is 5.32 Å². The highest BCUT2D eigenvalue weighted by molar-refractivity contribution is 6.18. The summed E-state index contributed by atoms with van der Waals surface area (Å²) in [6, 6.07) is 0. The highest BCUT2D eigenvalue weighted by Gasteiger charge is 2.35. The van der Waals surface area contributed by atoms with Gasteiger partial charge in [0.15, 0.2) is 0 Å². The minimum absolute atomic E-state index is 0.344. The lowest BCUT2D eigenvalue weighted by Gasteiger charge is -2.41. The molecular weight excluding hydrogens is 170 g/mol. The molecule has 2 fully saturated rings. The summed E-state index contributed by atoms with van der Waals surface area (Å²) < 4.78 is 0. The van der Waals surface area contributed by atoms with E-state index in [2.05, 4.69) is 5.32 Å². The maximum absolute atomic E-state index is 5.93. The largest absolute Gasteiger partial charge is 0.310 e.